The Morgan fingerprint density at radius 3 is 2.23 bits per heavy atom. The molecule has 0 unspecified atom stereocenters. The zero-order chi connectivity index (χ0) is 16.9. The van der Waals surface area contributed by atoms with Gasteiger partial charge in [0.15, 0.2) is 0 Å². The number of alkyl carbamates (subject to hydrolysis) is 1. The number of ether oxygens (including phenoxy) is 2. The third-order valence-electron chi connectivity index (χ3n) is 3.15. The molecule has 0 fully saturated rings. The second-order valence-electron chi connectivity index (χ2n) is 6.49. The van der Waals surface area contributed by atoms with Crippen LogP contribution in [0.15, 0.2) is 12.1 Å². The van der Waals surface area contributed by atoms with Gasteiger partial charge in [-0.3, -0.25) is 0 Å². The standard InChI is InChI=1S/C17H27NO4/c1-11-7-13(8-12(2)15(11)21-6)9-14(10-19)18-16(20)22-17(3,4)5/h7-8,14,19H,9-10H2,1-6H3,(H,18,20)/t14-/m0/s1. The highest BCUT2D eigenvalue weighted by atomic mass is 16.6. The number of aliphatic hydroxyl groups excluding tert-OH is 1. The van der Waals surface area contributed by atoms with Gasteiger partial charge < -0.3 is 19.9 Å². The lowest BCUT2D eigenvalue weighted by Crippen LogP contribution is -2.42. The SMILES string of the molecule is COc1c(C)cc(C[C@@H](CO)NC(=O)OC(C)(C)C)cc1C. The molecule has 1 rings (SSSR count). The maximum absolute atomic E-state index is 11.8. The molecule has 5 heteroatoms. The minimum Gasteiger partial charge on any atom is -0.496 e. The Hall–Kier alpha value is -1.75. The first kappa shape index (κ1) is 18.3. The number of hydrogen-bond acceptors (Lipinski definition) is 4. The number of benzene rings is 1. The van der Waals surface area contributed by atoms with E-state index in [-0.39, 0.29) is 12.6 Å². The van der Waals surface area contributed by atoms with Crippen molar-refractivity contribution in [2.75, 3.05) is 13.7 Å². The van der Waals surface area contributed by atoms with Gasteiger partial charge in [-0.05, 0) is 57.7 Å². The number of hydrogen-bond donors (Lipinski definition) is 2. The molecular weight excluding hydrogens is 282 g/mol. The maximum Gasteiger partial charge on any atom is 0.407 e. The Bertz CT molecular complexity index is 497. The lowest BCUT2D eigenvalue weighted by molar-refractivity contribution is 0.0483. The first-order valence-corrected chi connectivity index (χ1v) is 7.40. The van der Waals surface area contributed by atoms with Crippen molar-refractivity contribution in [1.29, 1.82) is 0 Å². The minimum atomic E-state index is -0.558. The molecule has 0 aromatic heterocycles. The van der Waals surface area contributed by atoms with Crippen LogP contribution in [0.4, 0.5) is 4.79 Å². The molecule has 22 heavy (non-hydrogen) atoms. The number of carbonyl (C=O) groups is 1. The van der Waals surface area contributed by atoms with Crippen molar-refractivity contribution in [3.63, 3.8) is 0 Å². The Kier molecular flexibility index (Phi) is 6.23. The maximum atomic E-state index is 11.8. The first-order chi connectivity index (χ1) is 10.2. The lowest BCUT2D eigenvalue weighted by Gasteiger charge is -2.23. The van der Waals surface area contributed by atoms with E-state index < -0.39 is 11.7 Å². The van der Waals surface area contributed by atoms with Crippen LogP contribution in [0.25, 0.3) is 0 Å². The molecule has 124 valence electrons. The lowest BCUT2D eigenvalue weighted by atomic mass is 10.0. The molecule has 0 saturated carbocycles. The van der Waals surface area contributed by atoms with Crippen LogP contribution in [-0.4, -0.2) is 36.6 Å². The summed E-state index contributed by atoms with van der Waals surface area (Å²) in [6, 6.07) is 3.62. The summed E-state index contributed by atoms with van der Waals surface area (Å²) in [5.74, 6) is 0.865. The van der Waals surface area contributed by atoms with E-state index in [9.17, 15) is 9.90 Å². The number of carbonyl (C=O) groups excluding carboxylic acids is 1. The zero-order valence-electron chi connectivity index (χ0n) is 14.3. The van der Waals surface area contributed by atoms with Gasteiger partial charge in [-0.1, -0.05) is 12.1 Å². The monoisotopic (exact) mass is 309 g/mol. The topological polar surface area (TPSA) is 67.8 Å². The summed E-state index contributed by atoms with van der Waals surface area (Å²) in [6.07, 6.45) is 0.00928. The van der Waals surface area contributed by atoms with E-state index in [4.69, 9.17) is 9.47 Å². The summed E-state index contributed by atoms with van der Waals surface area (Å²) >= 11 is 0. The van der Waals surface area contributed by atoms with Crippen molar-refractivity contribution in [2.45, 2.75) is 52.7 Å². The fourth-order valence-electron chi connectivity index (χ4n) is 2.40. The quantitative estimate of drug-likeness (QED) is 0.877. The number of aliphatic hydroxyl groups is 1. The van der Waals surface area contributed by atoms with Gasteiger partial charge in [0, 0.05) is 0 Å². The van der Waals surface area contributed by atoms with E-state index in [0.717, 1.165) is 22.4 Å². The van der Waals surface area contributed by atoms with E-state index in [2.05, 4.69) is 5.32 Å². The molecule has 5 nitrogen and oxygen atoms in total. The summed E-state index contributed by atoms with van der Waals surface area (Å²) in [5, 5.41) is 12.2. The molecule has 1 aromatic rings. The van der Waals surface area contributed by atoms with Crippen molar-refractivity contribution >= 4 is 6.09 Å². The molecule has 0 aliphatic heterocycles. The van der Waals surface area contributed by atoms with Gasteiger partial charge in [-0.25, -0.2) is 4.79 Å². The Morgan fingerprint density at radius 1 is 1.27 bits per heavy atom. The fourth-order valence-corrected chi connectivity index (χ4v) is 2.40. The van der Waals surface area contributed by atoms with Crippen LogP contribution in [0.2, 0.25) is 0 Å². The number of amides is 1. The van der Waals surface area contributed by atoms with Gasteiger partial charge in [0.1, 0.15) is 11.4 Å². The van der Waals surface area contributed by atoms with Crippen molar-refractivity contribution < 1.29 is 19.4 Å². The summed E-state index contributed by atoms with van der Waals surface area (Å²) in [4.78, 5) is 11.8. The molecule has 2 N–H and O–H groups in total. The second kappa shape index (κ2) is 7.49. The first-order valence-electron chi connectivity index (χ1n) is 7.40. The molecule has 0 aliphatic rings. The highest BCUT2D eigenvalue weighted by molar-refractivity contribution is 5.68. The number of nitrogens with one attached hydrogen (secondary N) is 1. The van der Waals surface area contributed by atoms with Crippen LogP contribution < -0.4 is 10.1 Å². The number of rotatable bonds is 5. The largest absolute Gasteiger partial charge is 0.496 e. The van der Waals surface area contributed by atoms with Crippen molar-refractivity contribution in [3.8, 4) is 5.75 Å². The number of aryl methyl sites for hydroxylation is 2. The minimum absolute atomic E-state index is 0.149. The fraction of sp³-hybridized carbons (Fsp3) is 0.588. The highest BCUT2D eigenvalue weighted by Crippen LogP contribution is 2.24. The van der Waals surface area contributed by atoms with Gasteiger partial charge in [-0.2, -0.15) is 0 Å². The van der Waals surface area contributed by atoms with Crippen LogP contribution in [0.1, 0.15) is 37.5 Å². The molecular formula is C17H27NO4. The van der Waals surface area contributed by atoms with Crippen molar-refractivity contribution in [2.24, 2.45) is 0 Å². The smallest absolute Gasteiger partial charge is 0.407 e. The predicted molar refractivity (Wildman–Crippen MR) is 86.4 cm³/mol. The van der Waals surface area contributed by atoms with Gasteiger partial charge in [0.25, 0.3) is 0 Å². The van der Waals surface area contributed by atoms with E-state index >= 15 is 0 Å². The summed E-state index contributed by atoms with van der Waals surface area (Å²) in [7, 11) is 1.65. The normalized spacial score (nSPS) is 12.7. The van der Waals surface area contributed by atoms with Crippen LogP contribution in [0.3, 0.4) is 0 Å². The summed E-state index contributed by atoms with van der Waals surface area (Å²) in [6.45, 7) is 9.21. The van der Waals surface area contributed by atoms with Gasteiger partial charge in [0.05, 0.1) is 19.8 Å². The highest BCUT2D eigenvalue weighted by Gasteiger charge is 2.19. The van der Waals surface area contributed by atoms with E-state index in [1.165, 1.54) is 0 Å². The van der Waals surface area contributed by atoms with E-state index in [1.807, 2.05) is 26.0 Å². The van der Waals surface area contributed by atoms with Crippen LogP contribution in [0, 0.1) is 13.8 Å². The summed E-state index contributed by atoms with van der Waals surface area (Å²) < 4.78 is 10.6. The molecule has 0 bridgehead atoms. The van der Waals surface area contributed by atoms with Crippen LogP contribution in [-0.2, 0) is 11.2 Å². The third-order valence-corrected chi connectivity index (χ3v) is 3.15. The van der Waals surface area contributed by atoms with Crippen molar-refractivity contribution in [3.05, 3.63) is 28.8 Å². The molecule has 1 amide bonds. The van der Waals surface area contributed by atoms with E-state index in [0.29, 0.717) is 6.42 Å². The molecule has 1 atom stereocenters. The van der Waals surface area contributed by atoms with Crippen LogP contribution in [0.5, 0.6) is 5.75 Å². The second-order valence-corrected chi connectivity index (χ2v) is 6.49. The van der Waals surface area contributed by atoms with Gasteiger partial charge in [0.2, 0.25) is 0 Å². The summed E-state index contributed by atoms with van der Waals surface area (Å²) in [5.41, 5.74) is 2.54. The Balaban J connectivity index is 2.76. The van der Waals surface area contributed by atoms with Gasteiger partial charge >= 0.3 is 6.09 Å². The Morgan fingerprint density at radius 2 is 1.82 bits per heavy atom. The van der Waals surface area contributed by atoms with Crippen LogP contribution >= 0.6 is 0 Å². The molecule has 0 radical (unpaired) electrons. The number of methoxy groups -OCH3 is 1. The van der Waals surface area contributed by atoms with Gasteiger partial charge in [-0.15, -0.1) is 0 Å². The van der Waals surface area contributed by atoms with E-state index in [1.54, 1.807) is 27.9 Å². The third kappa shape index (κ3) is 5.56. The van der Waals surface area contributed by atoms with Crippen molar-refractivity contribution in [1.82, 2.24) is 5.32 Å². The molecule has 0 spiro atoms. The molecule has 0 aliphatic carbocycles. The Labute approximate surface area is 132 Å². The predicted octanol–water partition coefficient (Wildman–Crippen LogP) is 2.74. The molecule has 0 heterocycles. The zero-order valence-corrected chi connectivity index (χ0v) is 14.3. The molecule has 1 aromatic carbocycles. The average Bonchev–Trinajstić information content (AvgIpc) is 2.35. The molecule has 0 saturated heterocycles. The average molecular weight is 309 g/mol.